The summed E-state index contributed by atoms with van der Waals surface area (Å²) in [7, 11) is 0. The van der Waals surface area contributed by atoms with Gasteiger partial charge in [0.25, 0.3) is 0 Å². The number of carbonyl (C=O) groups is 1. The van der Waals surface area contributed by atoms with E-state index in [1.165, 1.54) is 11.8 Å². The number of ether oxygens (including phenoxy) is 1. The molecule has 1 heterocycles. The number of rotatable bonds is 8. The normalized spacial score (nSPS) is 11.1. The number of carbonyl (C=O) groups excluding carboxylic acids is 1. The number of esters is 1. The Balaban J connectivity index is 1.53. The Labute approximate surface area is 173 Å². The molecule has 144 valence electrons. The van der Waals surface area contributed by atoms with Crippen LogP contribution >= 0.6 is 23.4 Å². The lowest BCUT2D eigenvalue weighted by molar-refractivity contribution is -0.139. The molecule has 0 aliphatic heterocycles. The van der Waals surface area contributed by atoms with Gasteiger partial charge in [0.2, 0.25) is 0 Å². The molecule has 0 spiro atoms. The molecular weight excluding hydrogens is 394 g/mol. The molecule has 0 aliphatic carbocycles. The maximum atomic E-state index is 12.0. The molecule has 0 aliphatic rings. The summed E-state index contributed by atoms with van der Waals surface area (Å²) in [5, 5.41) is 9.83. The van der Waals surface area contributed by atoms with Gasteiger partial charge in [-0.15, -0.1) is 10.2 Å². The van der Waals surface area contributed by atoms with Crippen molar-refractivity contribution in [1.82, 2.24) is 14.8 Å². The van der Waals surface area contributed by atoms with Crippen molar-refractivity contribution in [3.63, 3.8) is 0 Å². The fraction of sp³-hybridized carbons (Fsp3) is 0.190. The molecule has 3 rings (SSSR count). The summed E-state index contributed by atoms with van der Waals surface area (Å²) in [6, 6.07) is 17.3. The van der Waals surface area contributed by atoms with Gasteiger partial charge < -0.3 is 9.30 Å². The molecule has 5 nitrogen and oxygen atoms in total. The van der Waals surface area contributed by atoms with Gasteiger partial charge in [0, 0.05) is 17.1 Å². The highest BCUT2D eigenvalue weighted by atomic mass is 35.5. The number of benzene rings is 2. The lowest BCUT2D eigenvalue weighted by Gasteiger charge is -2.07. The summed E-state index contributed by atoms with van der Waals surface area (Å²) >= 11 is 7.26. The van der Waals surface area contributed by atoms with E-state index in [9.17, 15) is 4.79 Å². The zero-order valence-electron chi connectivity index (χ0n) is 15.4. The van der Waals surface area contributed by atoms with Gasteiger partial charge in [0.05, 0.1) is 5.75 Å². The van der Waals surface area contributed by atoms with E-state index >= 15 is 0 Å². The summed E-state index contributed by atoms with van der Waals surface area (Å²) in [6.07, 6.45) is 3.75. The van der Waals surface area contributed by atoms with Crippen molar-refractivity contribution in [2.45, 2.75) is 18.6 Å². The van der Waals surface area contributed by atoms with Gasteiger partial charge in [-0.3, -0.25) is 4.79 Å². The van der Waals surface area contributed by atoms with Gasteiger partial charge in [-0.2, -0.15) is 0 Å². The Morgan fingerprint density at radius 2 is 1.89 bits per heavy atom. The average Bonchev–Trinajstić information content (AvgIpc) is 3.14. The number of nitrogens with zero attached hydrogens (tertiary/aromatic N) is 3. The minimum absolute atomic E-state index is 0.179. The highest BCUT2D eigenvalue weighted by Crippen LogP contribution is 2.25. The third-order valence-electron chi connectivity index (χ3n) is 3.91. The Bertz CT molecular complexity index is 940. The SMILES string of the molecule is CCn1c(SCC(=O)OC/C=C/c2ccccc2)nnc1-c1ccc(Cl)cc1. The predicted molar refractivity (Wildman–Crippen MR) is 113 cm³/mol. The van der Waals surface area contributed by atoms with E-state index in [-0.39, 0.29) is 18.3 Å². The molecule has 28 heavy (non-hydrogen) atoms. The van der Waals surface area contributed by atoms with Crippen LogP contribution in [0.4, 0.5) is 0 Å². The molecule has 0 amide bonds. The van der Waals surface area contributed by atoms with Crippen LogP contribution in [0, 0.1) is 0 Å². The molecule has 0 saturated carbocycles. The van der Waals surface area contributed by atoms with E-state index in [0.29, 0.717) is 16.7 Å². The van der Waals surface area contributed by atoms with Crippen LogP contribution in [0.15, 0.2) is 65.8 Å². The second-order valence-corrected chi connectivity index (χ2v) is 7.22. The quantitative estimate of drug-likeness (QED) is 0.385. The Kier molecular flexibility index (Phi) is 7.28. The van der Waals surface area contributed by atoms with Crippen LogP contribution in [-0.2, 0) is 16.1 Å². The van der Waals surface area contributed by atoms with E-state index in [2.05, 4.69) is 10.2 Å². The molecule has 0 atom stereocenters. The van der Waals surface area contributed by atoms with Gasteiger partial charge in [-0.1, -0.05) is 59.8 Å². The zero-order chi connectivity index (χ0) is 19.8. The lowest BCUT2D eigenvalue weighted by Crippen LogP contribution is -2.08. The van der Waals surface area contributed by atoms with Gasteiger partial charge >= 0.3 is 5.97 Å². The first-order chi connectivity index (χ1) is 13.7. The van der Waals surface area contributed by atoms with Crippen LogP contribution < -0.4 is 0 Å². The first-order valence-corrected chi connectivity index (χ1v) is 10.2. The molecule has 2 aromatic carbocycles. The standard InChI is InChI=1S/C21H20ClN3O2S/c1-2-25-20(17-10-12-18(22)13-11-17)23-24-21(25)28-15-19(26)27-14-6-9-16-7-4-3-5-8-16/h3-13H,2,14-15H2,1H3/b9-6+. The van der Waals surface area contributed by atoms with Crippen LogP contribution in [0.5, 0.6) is 0 Å². The number of aromatic nitrogens is 3. The highest BCUT2D eigenvalue weighted by Gasteiger charge is 2.14. The lowest BCUT2D eigenvalue weighted by atomic mass is 10.2. The highest BCUT2D eigenvalue weighted by molar-refractivity contribution is 7.99. The van der Waals surface area contributed by atoms with Gasteiger partial charge in [0.15, 0.2) is 11.0 Å². The predicted octanol–water partition coefficient (Wildman–Crippen LogP) is 4.97. The molecule has 0 N–H and O–H groups in total. The van der Waals surface area contributed by atoms with Gasteiger partial charge in [-0.25, -0.2) is 0 Å². The largest absolute Gasteiger partial charge is 0.461 e. The first-order valence-electron chi connectivity index (χ1n) is 8.86. The van der Waals surface area contributed by atoms with Crippen molar-refractivity contribution < 1.29 is 9.53 Å². The molecule has 0 unspecified atom stereocenters. The monoisotopic (exact) mass is 413 g/mol. The molecular formula is C21H20ClN3O2S. The average molecular weight is 414 g/mol. The molecule has 0 radical (unpaired) electrons. The van der Waals surface area contributed by atoms with Crippen LogP contribution in [0.2, 0.25) is 5.02 Å². The van der Waals surface area contributed by atoms with E-state index < -0.39 is 0 Å². The third-order valence-corrected chi connectivity index (χ3v) is 5.10. The van der Waals surface area contributed by atoms with Crippen molar-refractivity contribution in [1.29, 1.82) is 0 Å². The van der Waals surface area contributed by atoms with Crippen LogP contribution in [0.3, 0.4) is 0 Å². The molecule has 0 bridgehead atoms. The Hall–Kier alpha value is -2.57. The summed E-state index contributed by atoms with van der Waals surface area (Å²) in [6.45, 7) is 2.95. The zero-order valence-corrected chi connectivity index (χ0v) is 17.0. The Morgan fingerprint density at radius 1 is 1.14 bits per heavy atom. The van der Waals surface area contributed by atoms with Crippen molar-refractivity contribution >= 4 is 35.4 Å². The summed E-state index contributed by atoms with van der Waals surface area (Å²) in [5.74, 6) is 0.639. The number of thioether (sulfide) groups is 1. The summed E-state index contributed by atoms with van der Waals surface area (Å²) in [5.41, 5.74) is 2.00. The third kappa shape index (κ3) is 5.47. The topological polar surface area (TPSA) is 57.0 Å². The van der Waals surface area contributed by atoms with E-state index in [1.807, 2.05) is 78.2 Å². The molecule has 3 aromatic rings. The molecule has 0 fully saturated rings. The second-order valence-electron chi connectivity index (χ2n) is 5.84. The molecule has 0 saturated heterocycles. The van der Waals surface area contributed by atoms with Crippen LogP contribution in [0.1, 0.15) is 12.5 Å². The maximum Gasteiger partial charge on any atom is 0.316 e. The fourth-order valence-corrected chi connectivity index (χ4v) is 3.47. The first kappa shape index (κ1) is 20.2. The smallest absolute Gasteiger partial charge is 0.316 e. The Morgan fingerprint density at radius 3 is 2.61 bits per heavy atom. The van der Waals surface area contributed by atoms with E-state index in [4.69, 9.17) is 16.3 Å². The van der Waals surface area contributed by atoms with Crippen molar-refractivity contribution in [3.8, 4) is 11.4 Å². The minimum atomic E-state index is -0.290. The van der Waals surface area contributed by atoms with Crippen molar-refractivity contribution in [2.24, 2.45) is 0 Å². The number of hydrogen-bond donors (Lipinski definition) is 0. The maximum absolute atomic E-state index is 12.0. The van der Waals surface area contributed by atoms with Gasteiger partial charge in [0.1, 0.15) is 6.61 Å². The van der Waals surface area contributed by atoms with Crippen molar-refractivity contribution in [2.75, 3.05) is 12.4 Å². The summed E-state index contributed by atoms with van der Waals surface area (Å²) in [4.78, 5) is 12.0. The van der Waals surface area contributed by atoms with Crippen LogP contribution in [0.25, 0.3) is 17.5 Å². The summed E-state index contributed by atoms with van der Waals surface area (Å²) < 4.78 is 7.21. The second kappa shape index (κ2) is 10.1. The minimum Gasteiger partial charge on any atom is -0.461 e. The molecule has 7 heteroatoms. The van der Waals surface area contributed by atoms with Gasteiger partial charge in [-0.05, 0) is 42.8 Å². The van der Waals surface area contributed by atoms with Crippen molar-refractivity contribution in [3.05, 3.63) is 71.3 Å². The van der Waals surface area contributed by atoms with Crippen LogP contribution in [-0.4, -0.2) is 33.1 Å². The van der Waals surface area contributed by atoms with E-state index in [1.54, 1.807) is 0 Å². The molecule has 1 aromatic heterocycles. The fourth-order valence-electron chi connectivity index (χ4n) is 2.55. The van der Waals surface area contributed by atoms with E-state index in [0.717, 1.165) is 17.0 Å². The number of halogens is 1. The number of hydrogen-bond acceptors (Lipinski definition) is 5.